The van der Waals surface area contributed by atoms with Gasteiger partial charge in [0.25, 0.3) is 0 Å². The largest absolute Gasteiger partial charge is 0.310 e. The average molecular weight is 745 g/mol. The molecule has 0 spiro atoms. The Hall–Kier alpha value is -7.43. The first-order valence-electron chi connectivity index (χ1n) is 20.0. The lowest BCUT2D eigenvalue weighted by Crippen LogP contribution is -2.30. The molecular weight excluding hydrogens is 705 g/mol. The van der Waals surface area contributed by atoms with Crippen LogP contribution in [0, 0.1) is 0 Å². The molecule has 3 heterocycles. The second kappa shape index (κ2) is 13.4. The van der Waals surface area contributed by atoms with E-state index in [1.165, 1.54) is 44.3 Å². The standard InChI is InChI=1S/C54H40N4/c1-54(2)45-25-13-16-28-49(45)57(50-29-17-14-26-46(50)54)42-34-35-48-44(36-42)43-24-12-15-27-47(43)56(48)40-32-30-37(31-33-40)51-52(38-18-6-3-7-19-38)55-58(41-22-10-5-11-23-41)53(51)39-20-8-4-9-21-39/h3-36H,1-2H3. The van der Waals surface area contributed by atoms with Gasteiger partial charge in [-0.15, -0.1) is 0 Å². The van der Waals surface area contributed by atoms with Gasteiger partial charge in [-0.05, 0) is 77.4 Å². The van der Waals surface area contributed by atoms with Gasteiger partial charge in [0, 0.05) is 44.3 Å². The quantitative estimate of drug-likeness (QED) is 0.169. The van der Waals surface area contributed by atoms with E-state index in [-0.39, 0.29) is 5.41 Å². The minimum absolute atomic E-state index is 0.111. The van der Waals surface area contributed by atoms with Crippen LogP contribution in [0.1, 0.15) is 25.0 Å². The fraction of sp³-hybridized carbons (Fsp3) is 0.0556. The van der Waals surface area contributed by atoms with Crippen LogP contribution in [0.4, 0.5) is 17.1 Å². The molecule has 1 aliphatic rings. The summed E-state index contributed by atoms with van der Waals surface area (Å²) in [6.07, 6.45) is 0. The number of para-hydroxylation sites is 4. The van der Waals surface area contributed by atoms with E-state index in [0.717, 1.165) is 50.7 Å². The van der Waals surface area contributed by atoms with Crippen LogP contribution in [0.5, 0.6) is 0 Å². The fourth-order valence-corrected chi connectivity index (χ4v) is 9.21. The van der Waals surface area contributed by atoms with E-state index in [4.69, 9.17) is 5.10 Å². The Bertz CT molecular complexity index is 3070. The molecule has 1 aliphatic heterocycles. The molecule has 11 rings (SSSR count). The van der Waals surface area contributed by atoms with Gasteiger partial charge in [-0.25, -0.2) is 4.68 Å². The van der Waals surface area contributed by atoms with E-state index in [2.05, 4.69) is 234 Å². The van der Waals surface area contributed by atoms with Crippen LogP contribution < -0.4 is 4.90 Å². The van der Waals surface area contributed by atoms with Gasteiger partial charge in [0.05, 0.1) is 33.8 Å². The molecule has 0 fully saturated rings. The summed E-state index contributed by atoms with van der Waals surface area (Å²) in [6, 6.07) is 74.1. The van der Waals surface area contributed by atoms with Crippen LogP contribution >= 0.6 is 0 Å². The molecule has 0 N–H and O–H groups in total. The average Bonchev–Trinajstić information content (AvgIpc) is 3.85. The Morgan fingerprint density at radius 1 is 0.414 bits per heavy atom. The highest BCUT2D eigenvalue weighted by atomic mass is 15.3. The zero-order valence-electron chi connectivity index (χ0n) is 32.4. The summed E-state index contributed by atoms with van der Waals surface area (Å²) in [4.78, 5) is 2.44. The van der Waals surface area contributed by atoms with Gasteiger partial charge in [0.2, 0.25) is 0 Å². The summed E-state index contributed by atoms with van der Waals surface area (Å²) >= 11 is 0. The molecule has 0 radical (unpaired) electrons. The van der Waals surface area contributed by atoms with Crippen molar-refractivity contribution in [3.8, 4) is 45.0 Å². The van der Waals surface area contributed by atoms with Gasteiger partial charge < -0.3 is 9.47 Å². The smallest absolute Gasteiger partial charge is 0.101 e. The highest BCUT2D eigenvalue weighted by molar-refractivity contribution is 6.11. The first-order chi connectivity index (χ1) is 28.6. The molecule has 10 aromatic rings. The molecule has 4 nitrogen and oxygen atoms in total. The molecule has 0 saturated carbocycles. The molecule has 0 amide bonds. The summed E-state index contributed by atoms with van der Waals surface area (Å²) in [5.74, 6) is 0. The second-order valence-electron chi connectivity index (χ2n) is 15.6. The van der Waals surface area contributed by atoms with Crippen molar-refractivity contribution in [2.45, 2.75) is 19.3 Å². The van der Waals surface area contributed by atoms with Crippen molar-refractivity contribution in [3.05, 3.63) is 217 Å². The molecule has 0 bridgehead atoms. The van der Waals surface area contributed by atoms with E-state index >= 15 is 0 Å². The number of anilines is 3. The van der Waals surface area contributed by atoms with Crippen LogP contribution in [0.2, 0.25) is 0 Å². The monoisotopic (exact) mass is 744 g/mol. The third-order valence-corrected chi connectivity index (χ3v) is 11.9. The van der Waals surface area contributed by atoms with Crippen LogP contribution in [0.25, 0.3) is 66.8 Å². The molecule has 0 aliphatic carbocycles. The highest BCUT2D eigenvalue weighted by Gasteiger charge is 2.36. The van der Waals surface area contributed by atoms with Crippen LogP contribution in [-0.4, -0.2) is 14.3 Å². The van der Waals surface area contributed by atoms with E-state index in [9.17, 15) is 0 Å². The Morgan fingerprint density at radius 2 is 0.948 bits per heavy atom. The topological polar surface area (TPSA) is 26.0 Å². The lowest BCUT2D eigenvalue weighted by atomic mass is 9.73. The van der Waals surface area contributed by atoms with Crippen molar-refractivity contribution >= 4 is 38.9 Å². The number of aromatic nitrogens is 3. The second-order valence-corrected chi connectivity index (χ2v) is 15.6. The molecule has 276 valence electrons. The third kappa shape index (κ3) is 5.26. The van der Waals surface area contributed by atoms with Gasteiger partial charge in [-0.2, -0.15) is 5.10 Å². The fourth-order valence-electron chi connectivity index (χ4n) is 9.21. The van der Waals surface area contributed by atoms with Crippen LogP contribution in [0.15, 0.2) is 206 Å². The SMILES string of the molecule is CC1(C)c2ccccc2N(c2ccc3c(c2)c2ccccc2n3-c2ccc(-c3c(-c4ccccc4)nn(-c4ccccc4)c3-c3ccccc3)cc2)c2ccccc21. The lowest BCUT2D eigenvalue weighted by Gasteiger charge is -2.42. The van der Waals surface area contributed by atoms with Crippen molar-refractivity contribution in [2.24, 2.45) is 0 Å². The zero-order chi connectivity index (χ0) is 38.8. The molecule has 4 heteroatoms. The maximum Gasteiger partial charge on any atom is 0.101 e. The summed E-state index contributed by atoms with van der Waals surface area (Å²) < 4.78 is 4.51. The predicted octanol–water partition coefficient (Wildman–Crippen LogP) is 14.1. The molecule has 0 atom stereocenters. The van der Waals surface area contributed by atoms with E-state index in [1.54, 1.807) is 0 Å². The Morgan fingerprint density at radius 3 is 1.62 bits per heavy atom. The van der Waals surface area contributed by atoms with Crippen molar-refractivity contribution in [3.63, 3.8) is 0 Å². The summed E-state index contributed by atoms with van der Waals surface area (Å²) in [5, 5.41) is 7.80. The number of hydrogen-bond donors (Lipinski definition) is 0. The maximum atomic E-state index is 5.35. The van der Waals surface area contributed by atoms with Crippen molar-refractivity contribution in [2.75, 3.05) is 4.90 Å². The zero-order valence-corrected chi connectivity index (χ0v) is 32.4. The van der Waals surface area contributed by atoms with Gasteiger partial charge >= 0.3 is 0 Å². The van der Waals surface area contributed by atoms with Gasteiger partial charge in [0.15, 0.2) is 0 Å². The molecular formula is C54H40N4. The normalized spacial score (nSPS) is 13.1. The summed E-state index contributed by atoms with van der Waals surface area (Å²) in [7, 11) is 0. The lowest BCUT2D eigenvalue weighted by molar-refractivity contribution is 0.632. The van der Waals surface area contributed by atoms with E-state index < -0.39 is 0 Å². The first kappa shape index (κ1) is 33.9. The number of benzene rings is 8. The van der Waals surface area contributed by atoms with Gasteiger partial charge in [-0.1, -0.05) is 159 Å². The first-order valence-corrected chi connectivity index (χ1v) is 20.0. The Balaban J connectivity index is 1.08. The number of fused-ring (bicyclic) bond motifs is 5. The summed E-state index contributed by atoms with van der Waals surface area (Å²) in [5.41, 5.74) is 17.0. The predicted molar refractivity (Wildman–Crippen MR) is 241 cm³/mol. The van der Waals surface area contributed by atoms with Gasteiger partial charge in [0.1, 0.15) is 5.69 Å². The molecule has 58 heavy (non-hydrogen) atoms. The summed E-state index contributed by atoms with van der Waals surface area (Å²) in [6.45, 7) is 4.68. The number of rotatable bonds is 6. The van der Waals surface area contributed by atoms with Crippen LogP contribution in [-0.2, 0) is 5.41 Å². The number of nitrogens with zero attached hydrogens (tertiary/aromatic N) is 4. The van der Waals surface area contributed by atoms with Crippen molar-refractivity contribution < 1.29 is 0 Å². The van der Waals surface area contributed by atoms with Crippen molar-refractivity contribution in [1.29, 1.82) is 0 Å². The third-order valence-electron chi connectivity index (χ3n) is 11.9. The van der Waals surface area contributed by atoms with E-state index in [1.807, 2.05) is 0 Å². The van der Waals surface area contributed by atoms with E-state index in [0.29, 0.717) is 0 Å². The molecule has 2 aromatic heterocycles. The number of hydrogen-bond acceptors (Lipinski definition) is 2. The molecule has 0 unspecified atom stereocenters. The minimum Gasteiger partial charge on any atom is -0.310 e. The Kier molecular flexibility index (Phi) is 7.80. The maximum absolute atomic E-state index is 5.35. The van der Waals surface area contributed by atoms with Crippen LogP contribution in [0.3, 0.4) is 0 Å². The van der Waals surface area contributed by atoms with Crippen molar-refractivity contribution in [1.82, 2.24) is 14.3 Å². The Labute approximate surface area is 338 Å². The highest BCUT2D eigenvalue weighted by Crippen LogP contribution is 2.52. The minimum atomic E-state index is -0.111. The van der Waals surface area contributed by atoms with Gasteiger partial charge in [-0.3, -0.25) is 0 Å². The molecule has 8 aromatic carbocycles. The molecule has 0 saturated heterocycles.